The number of ether oxygens (including phenoxy) is 1. The number of rotatable bonds is 5. The van der Waals surface area contributed by atoms with E-state index in [1.807, 2.05) is 6.92 Å². The highest BCUT2D eigenvalue weighted by Crippen LogP contribution is 2.45. The highest BCUT2D eigenvalue weighted by atomic mass is 35.5. The van der Waals surface area contributed by atoms with Gasteiger partial charge in [0, 0.05) is 24.3 Å². The van der Waals surface area contributed by atoms with E-state index in [2.05, 4.69) is 25.6 Å². The zero-order chi connectivity index (χ0) is 28.3. The Balaban J connectivity index is 1.40. The largest absolute Gasteiger partial charge is 0.488 e. The monoisotopic (exact) mass is 569 g/mol. The highest BCUT2D eigenvalue weighted by Gasteiger charge is 2.34. The fourth-order valence-electron chi connectivity index (χ4n) is 5.05. The van der Waals surface area contributed by atoms with Gasteiger partial charge in [0.2, 0.25) is 11.9 Å². The average molecular weight is 570 g/mol. The van der Waals surface area contributed by atoms with Crippen molar-refractivity contribution in [3.8, 4) is 17.0 Å². The van der Waals surface area contributed by atoms with Crippen LogP contribution in [-0.4, -0.2) is 56.8 Å². The van der Waals surface area contributed by atoms with Crippen LogP contribution in [0.3, 0.4) is 0 Å². The smallest absolute Gasteiger partial charge is 0.240 e. The van der Waals surface area contributed by atoms with Crippen molar-refractivity contribution < 1.29 is 23.4 Å². The zero-order valence-corrected chi connectivity index (χ0v) is 22.7. The Morgan fingerprint density at radius 3 is 2.75 bits per heavy atom. The highest BCUT2D eigenvalue weighted by molar-refractivity contribution is 6.33. The third-order valence-corrected chi connectivity index (χ3v) is 7.20. The Bertz CT molecular complexity index is 1670. The topological polar surface area (TPSA) is 117 Å². The van der Waals surface area contributed by atoms with Gasteiger partial charge in [-0.2, -0.15) is 0 Å². The third-order valence-electron chi connectivity index (χ3n) is 6.92. The molecule has 0 spiro atoms. The quantitative estimate of drug-likeness (QED) is 0.326. The van der Waals surface area contributed by atoms with Gasteiger partial charge in [-0.15, -0.1) is 0 Å². The molecule has 1 atom stereocenters. The summed E-state index contributed by atoms with van der Waals surface area (Å²) in [4.78, 5) is 26.7. The first-order chi connectivity index (χ1) is 19.0. The number of anilines is 3. The van der Waals surface area contributed by atoms with E-state index >= 15 is 8.78 Å². The number of nitrogens with zero attached hydrogens (tertiary/aromatic N) is 5. The summed E-state index contributed by atoms with van der Waals surface area (Å²) in [6.45, 7) is 6.57. The van der Waals surface area contributed by atoms with Gasteiger partial charge in [0.25, 0.3) is 0 Å². The summed E-state index contributed by atoms with van der Waals surface area (Å²) in [5, 5.41) is 16.7. The van der Waals surface area contributed by atoms with Crippen LogP contribution in [-0.2, 0) is 10.4 Å². The SMILES string of the molecule is C[C@H]1COc2c(-c3nc(Nc4ccc(N5CCNCC5=O)cc4F)ncc3Cl)cc(F)c3nc(C(C)(C)O)n1c23. The molecule has 2 aromatic heterocycles. The van der Waals surface area contributed by atoms with Gasteiger partial charge >= 0.3 is 0 Å². The molecule has 0 aliphatic carbocycles. The molecule has 0 saturated carbocycles. The van der Waals surface area contributed by atoms with Gasteiger partial charge < -0.3 is 29.9 Å². The molecule has 4 aromatic rings. The second-order valence-corrected chi connectivity index (χ2v) is 10.8. The van der Waals surface area contributed by atoms with Crippen molar-refractivity contribution in [3.05, 3.63) is 52.9 Å². The van der Waals surface area contributed by atoms with E-state index in [0.717, 1.165) is 0 Å². The lowest BCUT2D eigenvalue weighted by molar-refractivity contribution is -0.118. The average Bonchev–Trinajstić information content (AvgIpc) is 3.33. The van der Waals surface area contributed by atoms with E-state index in [9.17, 15) is 9.90 Å². The molecule has 2 aliphatic rings. The minimum absolute atomic E-state index is 0.0202. The molecule has 1 fully saturated rings. The molecule has 208 valence electrons. The second kappa shape index (κ2) is 9.65. The van der Waals surface area contributed by atoms with Crippen LogP contribution in [0, 0.1) is 11.6 Å². The fraction of sp³-hybridized carbons (Fsp3) is 0.333. The van der Waals surface area contributed by atoms with Gasteiger partial charge in [-0.1, -0.05) is 11.6 Å². The molecule has 3 N–H and O–H groups in total. The summed E-state index contributed by atoms with van der Waals surface area (Å²) in [6.07, 6.45) is 1.33. The summed E-state index contributed by atoms with van der Waals surface area (Å²) in [6, 6.07) is 5.42. The Labute approximate surface area is 233 Å². The molecule has 2 aliphatic heterocycles. The standard InChI is InChI=1S/C27H26ClF2N7O3/c1-13-12-40-24-15(9-18(30)22-23(24)37(13)25(34-22)27(2,3)39)21-16(28)10-32-26(35-21)33-19-5-4-14(8-17(19)29)36-7-6-31-11-20(36)38/h4-5,8-10,13,31,39H,6-7,11-12H2,1-3H3,(H,32,33,35)/t13-/m0/s1. The Morgan fingerprint density at radius 2 is 2.02 bits per heavy atom. The number of carbonyl (C=O) groups excluding carboxylic acids is 1. The van der Waals surface area contributed by atoms with E-state index in [4.69, 9.17) is 16.3 Å². The number of piperazine rings is 1. The van der Waals surface area contributed by atoms with E-state index in [0.29, 0.717) is 35.9 Å². The van der Waals surface area contributed by atoms with Gasteiger partial charge in [-0.3, -0.25) is 4.79 Å². The van der Waals surface area contributed by atoms with Crippen molar-refractivity contribution in [1.82, 2.24) is 24.8 Å². The minimum atomic E-state index is -1.32. The minimum Gasteiger partial charge on any atom is -0.488 e. The zero-order valence-electron chi connectivity index (χ0n) is 21.9. The molecule has 40 heavy (non-hydrogen) atoms. The number of aliphatic hydroxyl groups is 1. The lowest BCUT2D eigenvalue weighted by atomic mass is 10.1. The predicted octanol–water partition coefficient (Wildman–Crippen LogP) is 4.29. The molecular weight excluding hydrogens is 544 g/mol. The van der Waals surface area contributed by atoms with E-state index in [1.54, 1.807) is 24.5 Å². The molecule has 0 unspecified atom stereocenters. The molecular formula is C27H26ClF2N7O3. The molecule has 1 saturated heterocycles. The Hall–Kier alpha value is -3.87. The Kier molecular flexibility index (Phi) is 6.36. The van der Waals surface area contributed by atoms with Crippen LogP contribution < -0.4 is 20.3 Å². The second-order valence-electron chi connectivity index (χ2n) is 10.4. The summed E-state index contributed by atoms with van der Waals surface area (Å²) >= 11 is 6.47. The summed E-state index contributed by atoms with van der Waals surface area (Å²) < 4.78 is 38.3. The van der Waals surface area contributed by atoms with Gasteiger partial charge in [0.05, 0.1) is 35.2 Å². The van der Waals surface area contributed by atoms with Gasteiger partial charge in [0.15, 0.2) is 11.6 Å². The predicted molar refractivity (Wildman–Crippen MR) is 146 cm³/mol. The normalized spacial score (nSPS) is 17.3. The maximum Gasteiger partial charge on any atom is 0.240 e. The molecule has 13 heteroatoms. The van der Waals surface area contributed by atoms with Crippen molar-refractivity contribution in [2.24, 2.45) is 0 Å². The number of nitrogens with one attached hydrogen (secondary N) is 2. The molecule has 4 heterocycles. The summed E-state index contributed by atoms with van der Waals surface area (Å²) in [5.41, 5.74) is 0.101. The first kappa shape index (κ1) is 26.4. The van der Waals surface area contributed by atoms with Crippen LogP contribution >= 0.6 is 11.6 Å². The van der Waals surface area contributed by atoms with Crippen molar-refractivity contribution in [2.45, 2.75) is 32.4 Å². The fourth-order valence-corrected chi connectivity index (χ4v) is 5.25. The number of imidazole rings is 1. The molecule has 0 bridgehead atoms. The van der Waals surface area contributed by atoms with Crippen molar-refractivity contribution in [2.75, 3.05) is 36.5 Å². The number of hydrogen-bond acceptors (Lipinski definition) is 8. The first-order valence-corrected chi connectivity index (χ1v) is 13.1. The number of benzene rings is 2. The van der Waals surface area contributed by atoms with Crippen LogP contribution in [0.25, 0.3) is 22.3 Å². The van der Waals surface area contributed by atoms with Crippen LogP contribution in [0.15, 0.2) is 30.5 Å². The van der Waals surface area contributed by atoms with Gasteiger partial charge in [-0.05, 0) is 45.0 Å². The lowest BCUT2D eigenvalue weighted by Gasteiger charge is -2.28. The number of carbonyl (C=O) groups is 1. The number of amides is 1. The van der Waals surface area contributed by atoms with E-state index in [1.165, 1.54) is 29.3 Å². The number of hydrogen-bond donors (Lipinski definition) is 3. The van der Waals surface area contributed by atoms with Crippen LogP contribution in [0.5, 0.6) is 5.75 Å². The number of aromatic nitrogens is 4. The maximum atomic E-state index is 15.4. The van der Waals surface area contributed by atoms with E-state index < -0.39 is 17.2 Å². The van der Waals surface area contributed by atoms with Gasteiger partial charge in [0.1, 0.15) is 34.9 Å². The molecule has 1 amide bonds. The molecule has 2 aromatic carbocycles. The van der Waals surface area contributed by atoms with Crippen molar-refractivity contribution in [3.63, 3.8) is 0 Å². The summed E-state index contributed by atoms with van der Waals surface area (Å²) in [5.74, 6) is -0.728. The molecule has 0 radical (unpaired) electrons. The van der Waals surface area contributed by atoms with Crippen LogP contribution in [0.1, 0.15) is 32.6 Å². The number of halogens is 3. The van der Waals surface area contributed by atoms with E-state index in [-0.39, 0.29) is 58.5 Å². The lowest BCUT2D eigenvalue weighted by Crippen LogP contribution is -2.48. The van der Waals surface area contributed by atoms with Crippen LogP contribution in [0.2, 0.25) is 5.02 Å². The molecule has 10 nitrogen and oxygen atoms in total. The third kappa shape index (κ3) is 4.41. The Morgan fingerprint density at radius 1 is 1.23 bits per heavy atom. The van der Waals surface area contributed by atoms with Crippen molar-refractivity contribution >= 4 is 45.9 Å². The molecule has 6 rings (SSSR count). The summed E-state index contributed by atoms with van der Waals surface area (Å²) in [7, 11) is 0. The maximum absolute atomic E-state index is 15.4. The van der Waals surface area contributed by atoms with Crippen LogP contribution in [0.4, 0.5) is 26.1 Å². The van der Waals surface area contributed by atoms with Crippen molar-refractivity contribution in [1.29, 1.82) is 0 Å². The van der Waals surface area contributed by atoms with Gasteiger partial charge in [-0.25, -0.2) is 23.7 Å². The first-order valence-electron chi connectivity index (χ1n) is 12.7.